The molecule has 5 nitrogen and oxygen atoms in total. The van der Waals surface area contributed by atoms with E-state index in [0.29, 0.717) is 0 Å². The van der Waals surface area contributed by atoms with E-state index in [-0.39, 0.29) is 5.69 Å². The summed E-state index contributed by atoms with van der Waals surface area (Å²) in [5, 5.41) is 8.46. The van der Waals surface area contributed by atoms with Crippen LogP contribution in [0.25, 0.3) is 4.98 Å². The fraction of sp³-hybridized carbons (Fsp3) is 0.143. The highest BCUT2D eigenvalue weighted by atomic mass is 32.2. The molecule has 0 fully saturated rings. The molecular weight excluding hydrogens is 192 g/mol. The van der Waals surface area contributed by atoms with Gasteiger partial charge in [-0.05, 0) is 18.6 Å². The summed E-state index contributed by atoms with van der Waals surface area (Å²) in [5.74, 6) is 0. The average Bonchev–Trinajstić information content (AvgIpc) is 2.01. The molecule has 0 aromatic heterocycles. The van der Waals surface area contributed by atoms with Crippen LogP contribution in [0.2, 0.25) is 0 Å². The van der Waals surface area contributed by atoms with Gasteiger partial charge in [-0.2, -0.15) is 8.42 Å². The summed E-state index contributed by atoms with van der Waals surface area (Å²) in [7, 11) is -4.32. The minimum Gasteiger partial charge on any atom is -0.282 e. The van der Waals surface area contributed by atoms with E-state index in [2.05, 4.69) is 4.98 Å². The molecule has 0 saturated heterocycles. The standard InChI is InChI=1S/C7H6N2O3S/c1-5-2-3-7(13(10,11)12)6(4-5)9-8/h2-4H,1H3/p+1. The highest BCUT2D eigenvalue weighted by Gasteiger charge is 2.23. The molecule has 1 aromatic rings. The topological polar surface area (TPSA) is 82.5 Å². The zero-order valence-corrected chi connectivity index (χ0v) is 7.61. The Bertz CT molecular complexity index is 473. The lowest BCUT2D eigenvalue weighted by Gasteiger charge is -1.93. The Kier molecular flexibility index (Phi) is 2.32. The van der Waals surface area contributed by atoms with Crippen LogP contribution in [0.5, 0.6) is 0 Å². The van der Waals surface area contributed by atoms with E-state index in [0.717, 1.165) is 5.56 Å². The van der Waals surface area contributed by atoms with Crippen molar-refractivity contribution in [3.05, 3.63) is 28.7 Å². The zero-order chi connectivity index (χ0) is 10.1. The first-order valence-corrected chi connectivity index (χ1v) is 4.82. The first kappa shape index (κ1) is 9.64. The number of hydrogen-bond donors (Lipinski definition) is 1. The van der Waals surface area contributed by atoms with Crippen LogP contribution in [-0.4, -0.2) is 13.0 Å². The maximum Gasteiger partial charge on any atom is 0.406 e. The molecule has 0 spiro atoms. The summed E-state index contributed by atoms with van der Waals surface area (Å²) in [5.41, 5.74) is 0.572. The number of nitrogens with zero attached hydrogens (tertiary/aromatic N) is 2. The van der Waals surface area contributed by atoms with Gasteiger partial charge in [-0.15, -0.1) is 0 Å². The average molecular weight is 199 g/mol. The molecule has 0 saturated carbocycles. The van der Waals surface area contributed by atoms with Gasteiger partial charge in [-0.3, -0.25) is 4.55 Å². The molecule has 0 amide bonds. The van der Waals surface area contributed by atoms with Crippen molar-refractivity contribution < 1.29 is 13.0 Å². The molecule has 0 unspecified atom stereocenters. The lowest BCUT2D eigenvalue weighted by Crippen LogP contribution is -1.97. The second-order valence-corrected chi connectivity index (χ2v) is 3.94. The van der Waals surface area contributed by atoms with Gasteiger partial charge in [-0.1, -0.05) is 6.07 Å². The van der Waals surface area contributed by atoms with Crippen LogP contribution in [-0.2, 0) is 10.1 Å². The second kappa shape index (κ2) is 3.12. The summed E-state index contributed by atoms with van der Waals surface area (Å²) in [6, 6.07) is 4.03. The van der Waals surface area contributed by atoms with Crippen LogP contribution in [0.1, 0.15) is 5.56 Å². The molecule has 0 radical (unpaired) electrons. The van der Waals surface area contributed by atoms with E-state index in [9.17, 15) is 8.42 Å². The Labute approximate surface area is 75.4 Å². The lowest BCUT2D eigenvalue weighted by atomic mass is 10.2. The molecule has 1 aromatic carbocycles. The number of aryl methyl sites for hydroxylation is 1. The van der Waals surface area contributed by atoms with Crippen LogP contribution in [0.15, 0.2) is 23.1 Å². The van der Waals surface area contributed by atoms with Crippen molar-refractivity contribution in [3.63, 3.8) is 0 Å². The summed E-state index contributed by atoms with van der Waals surface area (Å²) >= 11 is 0. The lowest BCUT2D eigenvalue weighted by molar-refractivity contribution is 0.483. The highest BCUT2D eigenvalue weighted by molar-refractivity contribution is 7.86. The van der Waals surface area contributed by atoms with E-state index < -0.39 is 15.0 Å². The molecule has 0 aliphatic rings. The number of diazo groups is 1. The summed E-state index contributed by atoms with van der Waals surface area (Å²) < 4.78 is 30.1. The van der Waals surface area contributed by atoms with Gasteiger partial charge in [0.25, 0.3) is 0 Å². The van der Waals surface area contributed by atoms with Crippen molar-refractivity contribution in [3.8, 4) is 0 Å². The zero-order valence-electron chi connectivity index (χ0n) is 6.80. The van der Waals surface area contributed by atoms with Gasteiger partial charge in [0.1, 0.15) is 0 Å². The van der Waals surface area contributed by atoms with Crippen LogP contribution in [0.4, 0.5) is 5.69 Å². The molecule has 0 heterocycles. The van der Waals surface area contributed by atoms with Gasteiger partial charge in [0.2, 0.25) is 5.39 Å². The first-order chi connectivity index (χ1) is 5.95. The fourth-order valence-corrected chi connectivity index (χ4v) is 1.53. The predicted molar refractivity (Wildman–Crippen MR) is 45.7 cm³/mol. The third kappa shape index (κ3) is 2.02. The third-order valence-electron chi connectivity index (χ3n) is 1.50. The third-order valence-corrected chi connectivity index (χ3v) is 2.40. The number of benzene rings is 1. The van der Waals surface area contributed by atoms with Gasteiger partial charge in [0.05, 0.1) is 0 Å². The van der Waals surface area contributed by atoms with Crippen LogP contribution >= 0.6 is 0 Å². The SMILES string of the molecule is Cc1ccc(S(=O)(=O)O)c([N+]#N)c1. The highest BCUT2D eigenvalue weighted by Crippen LogP contribution is 2.24. The van der Waals surface area contributed by atoms with Crippen molar-refractivity contribution in [1.82, 2.24) is 0 Å². The maximum atomic E-state index is 10.7. The number of rotatable bonds is 1. The molecule has 6 heteroatoms. The molecule has 13 heavy (non-hydrogen) atoms. The Balaban J connectivity index is 3.50. The molecule has 1 rings (SSSR count). The van der Waals surface area contributed by atoms with Gasteiger partial charge in [0.15, 0.2) is 9.87 Å². The molecular formula is C7H7N2O3S+. The Morgan fingerprint density at radius 2 is 2.08 bits per heavy atom. The van der Waals surface area contributed by atoms with Gasteiger partial charge in [-0.25, -0.2) is 0 Å². The maximum absolute atomic E-state index is 10.7. The number of hydrogen-bond acceptors (Lipinski definition) is 3. The van der Waals surface area contributed by atoms with Crippen LogP contribution < -0.4 is 0 Å². The monoisotopic (exact) mass is 199 g/mol. The van der Waals surface area contributed by atoms with Crippen molar-refractivity contribution >= 4 is 15.8 Å². The van der Waals surface area contributed by atoms with Crippen LogP contribution in [0, 0.1) is 12.3 Å². The summed E-state index contributed by atoms with van der Waals surface area (Å²) in [4.78, 5) is 2.36. The fourth-order valence-electron chi connectivity index (χ4n) is 0.924. The summed E-state index contributed by atoms with van der Waals surface area (Å²) in [6.45, 7) is 1.71. The van der Waals surface area contributed by atoms with Gasteiger partial charge >= 0.3 is 15.8 Å². The van der Waals surface area contributed by atoms with E-state index >= 15 is 0 Å². The molecule has 68 valence electrons. The molecule has 0 bridgehead atoms. The van der Waals surface area contributed by atoms with Crippen molar-refractivity contribution in [1.29, 1.82) is 5.39 Å². The van der Waals surface area contributed by atoms with E-state index in [1.807, 2.05) is 0 Å². The van der Waals surface area contributed by atoms with Crippen molar-refractivity contribution in [2.24, 2.45) is 0 Å². The van der Waals surface area contributed by atoms with E-state index in [1.54, 1.807) is 6.92 Å². The molecule has 0 atom stereocenters. The Hall–Kier alpha value is -1.45. The largest absolute Gasteiger partial charge is 0.406 e. The van der Waals surface area contributed by atoms with E-state index in [1.165, 1.54) is 18.2 Å². The first-order valence-electron chi connectivity index (χ1n) is 3.38. The minimum atomic E-state index is -4.32. The quantitative estimate of drug-likeness (QED) is 0.551. The second-order valence-electron chi connectivity index (χ2n) is 2.55. The smallest absolute Gasteiger partial charge is 0.282 e. The van der Waals surface area contributed by atoms with Crippen LogP contribution in [0.3, 0.4) is 0 Å². The molecule has 0 aliphatic carbocycles. The van der Waals surface area contributed by atoms with Crippen molar-refractivity contribution in [2.75, 3.05) is 0 Å². The normalized spacial score (nSPS) is 10.8. The Morgan fingerprint density at radius 3 is 2.54 bits per heavy atom. The van der Waals surface area contributed by atoms with Crippen molar-refractivity contribution in [2.45, 2.75) is 11.8 Å². The van der Waals surface area contributed by atoms with Gasteiger partial charge in [0, 0.05) is 6.07 Å². The predicted octanol–water partition coefficient (Wildman–Crippen LogP) is 1.73. The molecule has 1 N–H and O–H groups in total. The minimum absolute atomic E-state index is 0.164. The van der Waals surface area contributed by atoms with E-state index in [4.69, 9.17) is 9.95 Å². The van der Waals surface area contributed by atoms with Gasteiger partial charge < -0.3 is 0 Å². The molecule has 0 aliphatic heterocycles. The summed E-state index contributed by atoms with van der Waals surface area (Å²) in [6.07, 6.45) is 0. The Morgan fingerprint density at radius 1 is 1.46 bits per heavy atom.